The minimum Gasteiger partial charge on any atom is -0.582 e. The molecule has 0 fully saturated rings. The lowest BCUT2D eigenvalue weighted by Crippen LogP contribution is -3.19. The van der Waals surface area contributed by atoms with Gasteiger partial charge in [0.1, 0.15) is 22.8 Å². The Labute approximate surface area is 231 Å². The first-order valence-electron chi connectivity index (χ1n) is 11.9. The van der Waals surface area contributed by atoms with E-state index < -0.39 is 50.2 Å². The maximum atomic E-state index is 13.8. The SMILES string of the molecule is COc1cccc(Cn2c(C(=O)NS(C)(=O)=O)c(N3C(=O)c4ccccc4N[NH+]3[O-])c3cc(C(F)(F)F)ccc32)c1. The van der Waals surface area contributed by atoms with Gasteiger partial charge >= 0.3 is 12.1 Å². The number of carbonyl (C=O) groups excluding carboxylic acids is 2. The summed E-state index contributed by atoms with van der Waals surface area (Å²) in [7, 11) is -2.75. The molecule has 1 aliphatic rings. The van der Waals surface area contributed by atoms with Gasteiger partial charge in [-0.3, -0.25) is 9.59 Å². The number of anilines is 2. The van der Waals surface area contributed by atoms with Gasteiger partial charge in [-0.15, -0.1) is 5.01 Å². The number of methoxy groups -OCH3 is 1. The molecule has 15 heteroatoms. The predicted molar refractivity (Wildman–Crippen MR) is 143 cm³/mol. The molecule has 1 aromatic heterocycles. The summed E-state index contributed by atoms with van der Waals surface area (Å²) in [5.41, 5.74) is 1.12. The molecule has 214 valence electrons. The second-order valence-corrected chi connectivity index (χ2v) is 10.9. The standard InChI is InChI=1S/C26H22F3N5O6S/c1-40-17-7-5-6-15(12-17)14-32-21-11-10-16(26(27,28)29)13-19(21)22(23(32)24(35)31-41(2,38)39)33-25(36)18-8-3-4-9-20(18)30-34(33)37/h3-13,30,34H,14H2,1-2H3,(H,31,35). The number of carbonyl (C=O) groups is 2. The molecule has 2 amide bonds. The van der Waals surface area contributed by atoms with E-state index in [1.54, 1.807) is 30.3 Å². The quantitative estimate of drug-likeness (QED) is 0.294. The van der Waals surface area contributed by atoms with Crippen LogP contribution in [-0.4, -0.2) is 38.2 Å². The molecule has 11 nitrogen and oxygen atoms in total. The van der Waals surface area contributed by atoms with Crippen molar-refractivity contribution in [3.63, 3.8) is 0 Å². The summed E-state index contributed by atoms with van der Waals surface area (Å²) in [5.74, 6) is -1.73. The zero-order chi connectivity index (χ0) is 29.7. The van der Waals surface area contributed by atoms with Crippen LogP contribution < -0.4 is 25.2 Å². The Balaban J connectivity index is 1.84. The summed E-state index contributed by atoms with van der Waals surface area (Å²) in [5, 5.41) is 12.5. The zero-order valence-corrected chi connectivity index (χ0v) is 22.3. The van der Waals surface area contributed by atoms with Gasteiger partial charge in [0, 0.05) is 11.9 Å². The fourth-order valence-corrected chi connectivity index (χ4v) is 5.10. The summed E-state index contributed by atoms with van der Waals surface area (Å²) >= 11 is 0. The Kier molecular flexibility index (Phi) is 6.89. The van der Waals surface area contributed by atoms with Crippen LogP contribution in [0.3, 0.4) is 0 Å². The van der Waals surface area contributed by atoms with Crippen molar-refractivity contribution in [3.05, 3.63) is 94.3 Å². The maximum absolute atomic E-state index is 13.8. The van der Waals surface area contributed by atoms with Crippen LogP contribution in [0.1, 0.15) is 32.0 Å². The highest BCUT2D eigenvalue weighted by atomic mass is 32.2. The summed E-state index contributed by atoms with van der Waals surface area (Å²) in [6.07, 6.45) is -4.09. The average Bonchev–Trinajstić information content (AvgIpc) is 3.20. The molecular formula is C26H22F3N5O6S. The van der Waals surface area contributed by atoms with Crippen LogP contribution in [0.15, 0.2) is 66.7 Å². The molecule has 0 spiro atoms. The molecular weight excluding hydrogens is 567 g/mol. The van der Waals surface area contributed by atoms with Crippen molar-refractivity contribution >= 4 is 44.1 Å². The van der Waals surface area contributed by atoms with Gasteiger partial charge in [0.2, 0.25) is 10.0 Å². The molecule has 0 aliphatic carbocycles. The molecule has 0 saturated carbocycles. The molecule has 1 aliphatic heterocycles. The van der Waals surface area contributed by atoms with E-state index in [2.05, 4.69) is 5.43 Å². The minimum atomic E-state index is -4.81. The Morgan fingerprint density at radius 3 is 2.51 bits per heavy atom. The van der Waals surface area contributed by atoms with Gasteiger partial charge in [0.05, 0.1) is 30.0 Å². The molecule has 4 aromatic rings. The van der Waals surface area contributed by atoms with Crippen LogP contribution in [-0.2, 0) is 22.7 Å². The summed E-state index contributed by atoms with van der Waals surface area (Å²) < 4.78 is 73.9. The number of quaternary nitrogens is 1. The third kappa shape index (κ3) is 5.29. The van der Waals surface area contributed by atoms with Gasteiger partial charge in [-0.05, 0) is 48.0 Å². The van der Waals surface area contributed by atoms with Crippen molar-refractivity contribution in [2.45, 2.75) is 12.7 Å². The van der Waals surface area contributed by atoms with Gasteiger partial charge in [0.15, 0.2) is 0 Å². The molecule has 0 radical (unpaired) electrons. The van der Waals surface area contributed by atoms with Crippen LogP contribution in [0, 0.1) is 5.21 Å². The number of ether oxygens (including phenoxy) is 1. The topological polar surface area (TPSA) is 137 Å². The number of sulfonamides is 1. The second kappa shape index (κ2) is 10.1. The third-order valence-corrected chi connectivity index (χ3v) is 6.92. The van der Waals surface area contributed by atoms with Crippen LogP contribution >= 0.6 is 0 Å². The molecule has 0 saturated heterocycles. The monoisotopic (exact) mass is 589 g/mol. The normalized spacial score (nSPS) is 15.4. The third-order valence-electron chi connectivity index (χ3n) is 6.36. The lowest BCUT2D eigenvalue weighted by Gasteiger charge is -2.37. The highest BCUT2D eigenvalue weighted by Gasteiger charge is 2.40. The number of nitrogens with zero attached hydrogens (tertiary/aromatic N) is 2. The number of halogens is 3. The van der Waals surface area contributed by atoms with E-state index in [0.29, 0.717) is 22.4 Å². The molecule has 3 aromatic carbocycles. The molecule has 1 atom stereocenters. The van der Waals surface area contributed by atoms with Gasteiger partial charge in [-0.1, -0.05) is 24.3 Å². The summed E-state index contributed by atoms with van der Waals surface area (Å²) in [6.45, 7) is -0.161. The number of hydrogen-bond donors (Lipinski definition) is 3. The second-order valence-electron chi connectivity index (χ2n) is 9.18. The molecule has 5 rings (SSSR count). The van der Waals surface area contributed by atoms with E-state index in [4.69, 9.17) is 4.74 Å². The van der Waals surface area contributed by atoms with E-state index in [-0.39, 0.29) is 28.7 Å². The number of nitrogens with one attached hydrogen (secondary N) is 3. The fraction of sp³-hybridized carbons (Fsp3) is 0.154. The van der Waals surface area contributed by atoms with Crippen molar-refractivity contribution in [2.75, 3.05) is 23.8 Å². The van der Waals surface area contributed by atoms with E-state index in [1.807, 2.05) is 4.72 Å². The van der Waals surface area contributed by atoms with E-state index in [0.717, 1.165) is 18.4 Å². The molecule has 3 N–H and O–H groups in total. The molecule has 1 unspecified atom stereocenters. The number of aromatic nitrogens is 1. The van der Waals surface area contributed by atoms with Crippen LogP contribution in [0.4, 0.5) is 24.5 Å². The maximum Gasteiger partial charge on any atom is 0.416 e. The van der Waals surface area contributed by atoms with E-state index >= 15 is 0 Å². The number of para-hydroxylation sites is 1. The first-order chi connectivity index (χ1) is 19.3. The Morgan fingerprint density at radius 1 is 1.10 bits per heavy atom. The number of hydrogen-bond acceptors (Lipinski definition) is 7. The van der Waals surface area contributed by atoms with E-state index in [9.17, 15) is 36.4 Å². The molecule has 0 bridgehead atoms. The highest BCUT2D eigenvalue weighted by molar-refractivity contribution is 7.89. The molecule has 41 heavy (non-hydrogen) atoms. The first-order valence-corrected chi connectivity index (χ1v) is 13.8. The first kappa shape index (κ1) is 27.9. The Morgan fingerprint density at radius 2 is 1.83 bits per heavy atom. The number of amides is 2. The minimum absolute atomic E-state index is 0.0160. The van der Waals surface area contributed by atoms with Crippen LogP contribution in [0.25, 0.3) is 10.9 Å². The number of rotatable bonds is 6. The Bertz CT molecular complexity index is 1810. The van der Waals surface area contributed by atoms with Gasteiger partial charge < -0.3 is 14.5 Å². The number of alkyl halides is 3. The van der Waals surface area contributed by atoms with Gasteiger partial charge in [0.25, 0.3) is 5.91 Å². The van der Waals surface area contributed by atoms with Crippen LogP contribution in [0.5, 0.6) is 5.75 Å². The lowest BCUT2D eigenvalue weighted by atomic mass is 10.1. The van der Waals surface area contributed by atoms with Crippen molar-refractivity contribution in [1.29, 1.82) is 0 Å². The summed E-state index contributed by atoms with van der Waals surface area (Å²) in [4.78, 5) is 27.2. The average molecular weight is 590 g/mol. The molecule has 2 heterocycles. The Hall–Kier alpha value is -4.60. The lowest BCUT2D eigenvalue weighted by molar-refractivity contribution is -0.826. The zero-order valence-electron chi connectivity index (χ0n) is 21.4. The van der Waals surface area contributed by atoms with Crippen molar-refractivity contribution < 1.29 is 41.2 Å². The van der Waals surface area contributed by atoms with Gasteiger partial charge in [-0.25, -0.2) is 18.6 Å². The smallest absolute Gasteiger partial charge is 0.416 e. The summed E-state index contributed by atoms with van der Waals surface area (Å²) in [6, 6.07) is 15.1. The van der Waals surface area contributed by atoms with Gasteiger partial charge in [-0.2, -0.15) is 18.5 Å². The van der Waals surface area contributed by atoms with Crippen molar-refractivity contribution in [1.82, 2.24) is 9.29 Å². The number of fused-ring (bicyclic) bond motifs is 2. The van der Waals surface area contributed by atoms with Crippen LogP contribution in [0.2, 0.25) is 0 Å². The van der Waals surface area contributed by atoms with Crippen molar-refractivity contribution in [3.8, 4) is 5.75 Å². The fourth-order valence-electron chi connectivity index (χ4n) is 4.67. The highest BCUT2D eigenvalue weighted by Crippen LogP contribution is 2.39. The largest absolute Gasteiger partial charge is 0.582 e. The van der Waals surface area contributed by atoms with Crippen molar-refractivity contribution in [2.24, 2.45) is 0 Å². The predicted octanol–water partition coefficient (Wildman–Crippen LogP) is 2.69. The number of benzene rings is 3. The van der Waals surface area contributed by atoms with E-state index in [1.165, 1.54) is 29.9 Å².